The first kappa shape index (κ1) is 13.7. The van der Waals surface area contributed by atoms with Gasteiger partial charge in [-0.15, -0.1) is 0 Å². The minimum absolute atomic E-state index is 0.182. The zero-order valence-electron chi connectivity index (χ0n) is 11.5. The van der Waals surface area contributed by atoms with E-state index in [1.807, 2.05) is 24.3 Å². The van der Waals surface area contributed by atoms with Crippen molar-refractivity contribution < 1.29 is 4.79 Å². The van der Waals surface area contributed by atoms with Gasteiger partial charge in [0.15, 0.2) is 0 Å². The van der Waals surface area contributed by atoms with Crippen LogP contribution < -0.4 is 10.6 Å². The Balaban J connectivity index is 1.76. The molecule has 1 aromatic carbocycles. The van der Waals surface area contributed by atoms with Gasteiger partial charge in [-0.2, -0.15) is 0 Å². The highest BCUT2D eigenvalue weighted by atomic mass is 16.2. The summed E-state index contributed by atoms with van der Waals surface area (Å²) < 4.78 is 0. The molecule has 1 fully saturated rings. The molecule has 19 heavy (non-hydrogen) atoms. The molecule has 0 aliphatic heterocycles. The summed E-state index contributed by atoms with van der Waals surface area (Å²) in [4.78, 5) is 11.7. The lowest BCUT2D eigenvalue weighted by Crippen LogP contribution is -2.23. The number of aryl methyl sites for hydroxylation is 1. The largest absolute Gasteiger partial charge is 0.323 e. The van der Waals surface area contributed by atoms with Gasteiger partial charge in [-0.3, -0.25) is 0 Å². The Morgan fingerprint density at radius 3 is 2.58 bits per heavy atom. The summed E-state index contributed by atoms with van der Waals surface area (Å²) in [5.74, 6) is 0.643. The summed E-state index contributed by atoms with van der Waals surface area (Å²) in [6.07, 6.45) is 10.0. The van der Waals surface area contributed by atoms with Crippen LogP contribution in [-0.4, -0.2) is 6.03 Å². The first-order valence-corrected chi connectivity index (χ1v) is 7.11. The van der Waals surface area contributed by atoms with Crippen molar-refractivity contribution >= 4 is 11.7 Å². The van der Waals surface area contributed by atoms with E-state index < -0.39 is 0 Å². The highest BCUT2D eigenvalue weighted by molar-refractivity contribution is 5.89. The van der Waals surface area contributed by atoms with Gasteiger partial charge in [-0.25, -0.2) is 4.79 Å². The Kier molecular flexibility index (Phi) is 5.01. The maximum atomic E-state index is 11.7. The van der Waals surface area contributed by atoms with Crippen molar-refractivity contribution in [2.75, 3.05) is 5.32 Å². The predicted octanol–water partition coefficient (Wildman–Crippen LogP) is 4.07. The lowest BCUT2D eigenvalue weighted by atomic mass is 10.1. The fourth-order valence-corrected chi connectivity index (χ4v) is 2.40. The standard InChI is InChI=1S/C16H22N2O/c1-2-13-7-9-15(10-8-13)18-16(19)17-12-11-14-5-3-4-6-14/h7-12,14H,2-6H2,1H3,(H2,17,18,19)/b12-11+. The van der Waals surface area contributed by atoms with Gasteiger partial charge in [-0.05, 0) is 42.9 Å². The number of benzene rings is 1. The zero-order chi connectivity index (χ0) is 13.5. The summed E-state index contributed by atoms with van der Waals surface area (Å²) in [7, 11) is 0. The quantitative estimate of drug-likeness (QED) is 0.839. The molecule has 2 rings (SSSR count). The van der Waals surface area contributed by atoms with E-state index in [2.05, 4.69) is 23.6 Å². The van der Waals surface area contributed by atoms with Crippen molar-refractivity contribution in [3.8, 4) is 0 Å². The summed E-state index contributed by atoms with van der Waals surface area (Å²) in [6, 6.07) is 7.74. The molecule has 1 aliphatic rings. The number of nitrogens with one attached hydrogen (secondary N) is 2. The minimum atomic E-state index is -0.182. The fraction of sp³-hybridized carbons (Fsp3) is 0.438. The Morgan fingerprint density at radius 2 is 1.95 bits per heavy atom. The molecule has 0 heterocycles. The number of carbonyl (C=O) groups is 1. The monoisotopic (exact) mass is 258 g/mol. The molecule has 0 unspecified atom stereocenters. The third-order valence-electron chi connectivity index (χ3n) is 3.60. The summed E-state index contributed by atoms with van der Waals surface area (Å²) in [5.41, 5.74) is 2.09. The number of amides is 2. The number of rotatable bonds is 4. The van der Waals surface area contributed by atoms with Crippen molar-refractivity contribution in [2.24, 2.45) is 5.92 Å². The SMILES string of the molecule is CCc1ccc(NC(=O)N/C=C/C2CCCC2)cc1. The van der Waals surface area contributed by atoms with E-state index in [0.29, 0.717) is 5.92 Å². The zero-order valence-corrected chi connectivity index (χ0v) is 11.5. The van der Waals surface area contributed by atoms with E-state index in [1.54, 1.807) is 6.20 Å². The molecule has 3 heteroatoms. The Hall–Kier alpha value is -1.77. The fourth-order valence-electron chi connectivity index (χ4n) is 2.40. The second-order valence-corrected chi connectivity index (χ2v) is 5.05. The van der Waals surface area contributed by atoms with Crippen LogP contribution >= 0.6 is 0 Å². The van der Waals surface area contributed by atoms with Crippen molar-refractivity contribution in [2.45, 2.75) is 39.0 Å². The third-order valence-corrected chi connectivity index (χ3v) is 3.60. The molecular weight excluding hydrogens is 236 g/mol. The van der Waals surface area contributed by atoms with Crippen molar-refractivity contribution in [1.29, 1.82) is 0 Å². The van der Waals surface area contributed by atoms with Crippen LogP contribution in [0.5, 0.6) is 0 Å². The predicted molar refractivity (Wildman–Crippen MR) is 79.1 cm³/mol. The molecule has 3 nitrogen and oxygen atoms in total. The maximum absolute atomic E-state index is 11.7. The molecule has 2 amide bonds. The molecule has 0 bridgehead atoms. The maximum Gasteiger partial charge on any atom is 0.323 e. The molecular formula is C16H22N2O. The van der Waals surface area contributed by atoms with E-state index in [-0.39, 0.29) is 6.03 Å². The molecule has 0 spiro atoms. The molecule has 1 aliphatic carbocycles. The van der Waals surface area contributed by atoms with Crippen molar-refractivity contribution in [1.82, 2.24) is 5.32 Å². The lowest BCUT2D eigenvalue weighted by molar-refractivity contribution is 0.255. The Morgan fingerprint density at radius 1 is 1.26 bits per heavy atom. The summed E-state index contributed by atoms with van der Waals surface area (Å²) in [6.45, 7) is 2.11. The number of anilines is 1. The number of urea groups is 1. The van der Waals surface area contributed by atoms with E-state index in [1.165, 1.54) is 31.2 Å². The first-order chi connectivity index (χ1) is 9.28. The average Bonchev–Trinajstić information content (AvgIpc) is 2.93. The average molecular weight is 258 g/mol. The highest BCUT2D eigenvalue weighted by Crippen LogP contribution is 2.25. The molecule has 2 N–H and O–H groups in total. The van der Waals surface area contributed by atoms with E-state index in [4.69, 9.17) is 0 Å². The molecule has 0 atom stereocenters. The molecule has 0 saturated heterocycles. The highest BCUT2D eigenvalue weighted by Gasteiger charge is 2.11. The van der Waals surface area contributed by atoms with Crippen LogP contribution in [0.3, 0.4) is 0 Å². The summed E-state index contributed by atoms with van der Waals surface area (Å²) in [5, 5.41) is 5.57. The van der Waals surface area contributed by atoms with Crippen molar-refractivity contribution in [3.05, 3.63) is 42.1 Å². The number of hydrogen-bond acceptors (Lipinski definition) is 1. The first-order valence-electron chi connectivity index (χ1n) is 7.11. The molecule has 1 aromatic rings. The second-order valence-electron chi connectivity index (χ2n) is 5.05. The third kappa shape index (κ3) is 4.43. The van der Waals surface area contributed by atoms with Crippen LogP contribution in [0, 0.1) is 5.92 Å². The van der Waals surface area contributed by atoms with Crippen LogP contribution in [0.15, 0.2) is 36.5 Å². The van der Waals surface area contributed by atoms with Gasteiger partial charge < -0.3 is 10.6 Å². The summed E-state index contributed by atoms with van der Waals surface area (Å²) >= 11 is 0. The minimum Gasteiger partial charge on any atom is -0.315 e. The van der Waals surface area contributed by atoms with Crippen molar-refractivity contribution in [3.63, 3.8) is 0 Å². The van der Waals surface area contributed by atoms with Gasteiger partial charge in [0, 0.05) is 11.9 Å². The van der Waals surface area contributed by atoms with Crippen LogP contribution in [0.1, 0.15) is 38.2 Å². The van der Waals surface area contributed by atoms with Crippen LogP contribution in [-0.2, 0) is 6.42 Å². The molecule has 1 saturated carbocycles. The van der Waals surface area contributed by atoms with Crippen LogP contribution in [0.25, 0.3) is 0 Å². The Bertz CT molecular complexity index is 431. The van der Waals surface area contributed by atoms with Crippen LogP contribution in [0.4, 0.5) is 10.5 Å². The van der Waals surface area contributed by atoms with Gasteiger partial charge in [0.1, 0.15) is 0 Å². The van der Waals surface area contributed by atoms with Gasteiger partial charge in [0.05, 0.1) is 0 Å². The van der Waals surface area contributed by atoms with Gasteiger partial charge in [-0.1, -0.05) is 38.0 Å². The topological polar surface area (TPSA) is 41.1 Å². The molecule has 102 valence electrons. The normalized spacial score (nSPS) is 15.8. The number of carbonyl (C=O) groups excluding carboxylic acids is 1. The van der Waals surface area contributed by atoms with E-state index in [0.717, 1.165) is 12.1 Å². The molecule has 0 radical (unpaired) electrons. The van der Waals surface area contributed by atoms with E-state index in [9.17, 15) is 4.79 Å². The lowest BCUT2D eigenvalue weighted by Gasteiger charge is -2.06. The van der Waals surface area contributed by atoms with Gasteiger partial charge in [0.2, 0.25) is 0 Å². The smallest absolute Gasteiger partial charge is 0.315 e. The van der Waals surface area contributed by atoms with Crippen LogP contribution in [0.2, 0.25) is 0 Å². The number of allylic oxidation sites excluding steroid dienone is 1. The van der Waals surface area contributed by atoms with E-state index >= 15 is 0 Å². The number of hydrogen-bond donors (Lipinski definition) is 2. The molecule has 0 aromatic heterocycles. The van der Waals surface area contributed by atoms with Gasteiger partial charge in [0.25, 0.3) is 0 Å². The van der Waals surface area contributed by atoms with Gasteiger partial charge >= 0.3 is 6.03 Å². The second kappa shape index (κ2) is 6.98. The Labute approximate surface area is 115 Å².